The molecule has 6 nitrogen and oxygen atoms in total. The van der Waals surface area contributed by atoms with E-state index in [0.29, 0.717) is 30.4 Å². The van der Waals surface area contributed by atoms with E-state index in [9.17, 15) is 23.0 Å². The van der Waals surface area contributed by atoms with Crippen molar-refractivity contribution in [2.24, 2.45) is 0 Å². The first-order valence-corrected chi connectivity index (χ1v) is 10.7. The molecule has 1 aliphatic carbocycles. The van der Waals surface area contributed by atoms with Gasteiger partial charge in [0, 0.05) is 25.2 Å². The Hall–Kier alpha value is -1.91. The van der Waals surface area contributed by atoms with Gasteiger partial charge in [-0.05, 0) is 54.5 Å². The maximum absolute atomic E-state index is 14.4. The Kier molecular flexibility index (Phi) is 5.19. The summed E-state index contributed by atoms with van der Waals surface area (Å²) in [4.78, 5) is 0. The van der Waals surface area contributed by atoms with Gasteiger partial charge in [0.05, 0.1) is 17.5 Å². The minimum absolute atomic E-state index is 0.153. The molecule has 4 N–H and O–H groups in total. The second-order valence-corrected chi connectivity index (χ2v) is 8.88. The van der Waals surface area contributed by atoms with Crippen molar-refractivity contribution >= 4 is 28.0 Å². The van der Waals surface area contributed by atoms with Crippen molar-refractivity contribution in [2.45, 2.75) is 31.4 Å². The lowest BCUT2D eigenvalue weighted by atomic mass is 10.2. The van der Waals surface area contributed by atoms with Crippen LogP contribution in [0.15, 0.2) is 42.5 Å². The summed E-state index contributed by atoms with van der Waals surface area (Å²) in [5.74, 6) is -1.43. The van der Waals surface area contributed by atoms with Crippen molar-refractivity contribution < 1.29 is 23.0 Å². The molecule has 28 heavy (non-hydrogen) atoms. The minimum Gasteiger partial charge on any atom is -0.392 e. The van der Waals surface area contributed by atoms with Gasteiger partial charge in [-0.2, -0.15) is 0 Å². The van der Waals surface area contributed by atoms with Gasteiger partial charge in [-0.3, -0.25) is 13.4 Å². The third-order valence-corrected chi connectivity index (χ3v) is 6.78. The van der Waals surface area contributed by atoms with E-state index in [1.807, 2.05) is 0 Å². The molecule has 0 unspecified atom stereocenters. The topological polar surface area (TPSA) is 79.2 Å². The molecule has 0 saturated heterocycles. The van der Waals surface area contributed by atoms with Crippen LogP contribution in [0.25, 0.3) is 0 Å². The van der Waals surface area contributed by atoms with Gasteiger partial charge in [0.2, 0.25) is 0 Å². The first-order valence-electron chi connectivity index (χ1n) is 9.19. The van der Waals surface area contributed by atoms with Crippen molar-refractivity contribution in [3.8, 4) is 0 Å². The fourth-order valence-electron chi connectivity index (χ4n) is 3.31. The molecule has 0 radical (unpaired) electrons. The standard InChI is InChI=1S/C19H23F2N3O3S/c20-13-5-8-16(21)19(11-13)24-18-4-2-1-3-17(18)23(28(24,26)27)10-9-15(25)12-22-14-6-7-14/h1-5,8,11,14-15,22,25-27H,6-7,9-10,12H2/t15-/m0/s1. The normalized spacial score (nSPS) is 20.2. The molecule has 1 atom stereocenters. The maximum atomic E-state index is 14.4. The Labute approximate surface area is 164 Å². The van der Waals surface area contributed by atoms with E-state index < -0.39 is 28.7 Å². The number of para-hydroxylation sites is 2. The highest BCUT2D eigenvalue weighted by Gasteiger charge is 2.42. The lowest BCUT2D eigenvalue weighted by Gasteiger charge is -2.44. The summed E-state index contributed by atoms with van der Waals surface area (Å²) in [6.45, 7) is 0.585. The summed E-state index contributed by atoms with van der Waals surface area (Å²) in [6, 6.07) is 10.1. The Morgan fingerprint density at radius 2 is 1.79 bits per heavy atom. The van der Waals surface area contributed by atoms with Crippen LogP contribution in [0.1, 0.15) is 19.3 Å². The molecule has 0 aromatic heterocycles. The lowest BCUT2D eigenvalue weighted by Crippen LogP contribution is -2.35. The second kappa shape index (κ2) is 7.49. The number of hydrogen-bond acceptors (Lipinski definition) is 6. The van der Waals surface area contributed by atoms with Gasteiger partial charge in [0.1, 0.15) is 17.3 Å². The summed E-state index contributed by atoms with van der Waals surface area (Å²) in [6.07, 6.45) is 1.87. The van der Waals surface area contributed by atoms with Gasteiger partial charge in [-0.25, -0.2) is 13.1 Å². The van der Waals surface area contributed by atoms with Crippen LogP contribution in [0, 0.1) is 11.6 Å². The Bertz CT molecular complexity index is 866. The largest absolute Gasteiger partial charge is 0.392 e. The van der Waals surface area contributed by atoms with E-state index >= 15 is 0 Å². The zero-order valence-corrected chi connectivity index (χ0v) is 15.9. The van der Waals surface area contributed by atoms with Gasteiger partial charge in [0.15, 0.2) is 0 Å². The van der Waals surface area contributed by atoms with Crippen LogP contribution in [0.3, 0.4) is 0 Å². The van der Waals surface area contributed by atoms with Gasteiger partial charge in [-0.15, -0.1) is 0 Å². The highest BCUT2D eigenvalue weighted by atomic mass is 32.3. The number of hydrogen-bond donors (Lipinski definition) is 4. The van der Waals surface area contributed by atoms with Gasteiger partial charge >= 0.3 is 0 Å². The molecule has 2 aromatic carbocycles. The predicted molar refractivity (Wildman–Crippen MR) is 107 cm³/mol. The van der Waals surface area contributed by atoms with Gasteiger partial charge in [-0.1, -0.05) is 12.1 Å². The lowest BCUT2D eigenvalue weighted by molar-refractivity contribution is 0.164. The molecule has 0 amide bonds. The number of halogens is 2. The maximum Gasteiger partial charge on any atom is 0.148 e. The number of anilines is 3. The number of aliphatic hydroxyl groups is 1. The fourth-order valence-corrected chi connectivity index (χ4v) is 5.10. The number of fused-ring (bicyclic) bond motifs is 1. The molecule has 1 fully saturated rings. The van der Waals surface area contributed by atoms with Crippen molar-refractivity contribution in [1.29, 1.82) is 0 Å². The summed E-state index contributed by atoms with van der Waals surface area (Å²) in [5.41, 5.74) is 0.622. The highest BCUT2D eigenvalue weighted by molar-refractivity contribution is 8.27. The molecule has 1 aliphatic heterocycles. The van der Waals surface area contributed by atoms with E-state index in [2.05, 4.69) is 5.32 Å². The smallest absolute Gasteiger partial charge is 0.148 e. The first-order chi connectivity index (χ1) is 13.4. The van der Waals surface area contributed by atoms with Gasteiger partial charge < -0.3 is 10.4 Å². The molecular weight excluding hydrogens is 388 g/mol. The zero-order valence-electron chi connectivity index (χ0n) is 15.1. The van der Waals surface area contributed by atoms with E-state index in [1.54, 1.807) is 24.3 Å². The van der Waals surface area contributed by atoms with Crippen molar-refractivity contribution in [3.63, 3.8) is 0 Å². The summed E-state index contributed by atoms with van der Waals surface area (Å²) < 4.78 is 52.4. The van der Waals surface area contributed by atoms with Crippen LogP contribution in [0.4, 0.5) is 25.8 Å². The molecule has 152 valence electrons. The third-order valence-electron chi connectivity index (χ3n) is 4.92. The Morgan fingerprint density at radius 3 is 2.50 bits per heavy atom. The SMILES string of the molecule is O[C@@H](CCN1c2ccccc2N(c2cc(F)ccc2F)S1(O)O)CNC1CC1. The molecule has 0 bridgehead atoms. The average molecular weight is 411 g/mol. The number of benzene rings is 2. The number of nitrogens with one attached hydrogen (secondary N) is 1. The van der Waals surface area contributed by atoms with Crippen molar-refractivity contribution in [3.05, 3.63) is 54.1 Å². The van der Waals surface area contributed by atoms with E-state index in [1.165, 1.54) is 4.31 Å². The molecule has 2 aromatic rings. The highest BCUT2D eigenvalue weighted by Crippen LogP contribution is 2.64. The third kappa shape index (κ3) is 3.68. The molecule has 2 aliphatic rings. The molecule has 9 heteroatoms. The summed E-state index contributed by atoms with van der Waals surface area (Å²) in [5, 5.41) is 13.4. The second-order valence-electron chi connectivity index (χ2n) is 7.10. The summed E-state index contributed by atoms with van der Waals surface area (Å²) in [7, 11) is -3.67. The first kappa shape index (κ1) is 19.4. The van der Waals surface area contributed by atoms with Gasteiger partial charge in [0.25, 0.3) is 0 Å². The fraction of sp³-hybridized carbons (Fsp3) is 0.368. The summed E-state index contributed by atoms with van der Waals surface area (Å²) >= 11 is 0. The molecule has 0 spiro atoms. The molecule has 1 saturated carbocycles. The monoisotopic (exact) mass is 411 g/mol. The van der Waals surface area contributed by atoms with Crippen molar-refractivity contribution in [2.75, 3.05) is 21.7 Å². The zero-order chi connectivity index (χ0) is 19.9. The molecular formula is C19H23F2N3O3S. The number of nitrogens with zero attached hydrogens (tertiary/aromatic N) is 2. The van der Waals surface area contributed by atoms with Crippen LogP contribution in [-0.2, 0) is 0 Å². The minimum atomic E-state index is -3.67. The Balaban J connectivity index is 1.60. The van der Waals surface area contributed by atoms with Crippen LogP contribution in [0.5, 0.6) is 0 Å². The van der Waals surface area contributed by atoms with Crippen LogP contribution in [-0.4, -0.2) is 39.4 Å². The average Bonchev–Trinajstić information content (AvgIpc) is 3.45. The quantitative estimate of drug-likeness (QED) is 0.552. The van der Waals surface area contributed by atoms with E-state index in [4.69, 9.17) is 0 Å². The van der Waals surface area contributed by atoms with E-state index in [-0.39, 0.29) is 12.2 Å². The number of rotatable bonds is 7. The van der Waals surface area contributed by atoms with Crippen LogP contribution in [0.2, 0.25) is 0 Å². The molecule has 4 rings (SSSR count). The number of aliphatic hydroxyl groups excluding tert-OH is 1. The predicted octanol–water partition coefficient (Wildman–Crippen LogP) is 4.01. The van der Waals surface area contributed by atoms with E-state index in [0.717, 1.165) is 35.3 Å². The van der Waals surface area contributed by atoms with Crippen molar-refractivity contribution in [1.82, 2.24) is 5.32 Å². The van der Waals surface area contributed by atoms with Crippen LogP contribution < -0.4 is 13.9 Å². The van der Waals surface area contributed by atoms with Crippen LogP contribution >= 0.6 is 11.0 Å². The molecule has 1 heterocycles. The Morgan fingerprint density at radius 1 is 1.07 bits per heavy atom.